The number of nitrogens with one attached hydrogen (secondary N) is 1. The highest BCUT2D eigenvalue weighted by molar-refractivity contribution is 5.87. The van der Waals surface area contributed by atoms with Crippen LogP contribution in [0, 0.1) is 0 Å². The van der Waals surface area contributed by atoms with Gasteiger partial charge in [0.1, 0.15) is 13.2 Å². The number of benzene rings is 2. The number of hydrogen-bond donors (Lipinski definition) is 1. The summed E-state index contributed by atoms with van der Waals surface area (Å²) < 4.78 is 17.3. The average molecular weight is 464 g/mol. The summed E-state index contributed by atoms with van der Waals surface area (Å²) in [5, 5.41) is 2.85. The fourth-order valence-corrected chi connectivity index (χ4v) is 5.07. The van der Waals surface area contributed by atoms with Crippen LogP contribution in [-0.4, -0.2) is 42.5 Å². The van der Waals surface area contributed by atoms with Crippen LogP contribution in [-0.2, 0) is 19.0 Å². The first-order valence-electron chi connectivity index (χ1n) is 11.8. The smallest absolute Gasteiger partial charge is 0.408 e. The van der Waals surface area contributed by atoms with Crippen molar-refractivity contribution >= 4 is 12.1 Å². The number of carbonyl (C=O) groups excluding carboxylic acids is 2. The van der Waals surface area contributed by atoms with Gasteiger partial charge in [0.25, 0.3) is 0 Å². The van der Waals surface area contributed by atoms with Crippen LogP contribution in [0.5, 0.6) is 0 Å². The van der Waals surface area contributed by atoms with Crippen LogP contribution in [0.25, 0.3) is 11.1 Å². The zero-order valence-corrected chi connectivity index (χ0v) is 20.1. The minimum atomic E-state index is -1.29. The minimum absolute atomic E-state index is 0.0629. The minimum Gasteiger partial charge on any atom is -0.460 e. The lowest BCUT2D eigenvalue weighted by molar-refractivity contribution is -0.161. The van der Waals surface area contributed by atoms with Gasteiger partial charge in [0.05, 0.1) is 11.7 Å². The molecule has 1 fully saturated rings. The van der Waals surface area contributed by atoms with Crippen LogP contribution in [0.2, 0.25) is 0 Å². The molecule has 6 nitrogen and oxygen atoms in total. The van der Waals surface area contributed by atoms with Crippen molar-refractivity contribution in [1.82, 2.24) is 5.32 Å². The Morgan fingerprint density at radius 3 is 2.26 bits per heavy atom. The maximum Gasteiger partial charge on any atom is 0.408 e. The molecule has 2 atom stereocenters. The van der Waals surface area contributed by atoms with Crippen molar-refractivity contribution in [3.05, 3.63) is 72.3 Å². The molecule has 1 N–H and O–H groups in total. The molecule has 2 aliphatic carbocycles. The topological polar surface area (TPSA) is 73.9 Å². The third kappa shape index (κ3) is 4.73. The first-order chi connectivity index (χ1) is 16.2. The van der Waals surface area contributed by atoms with Gasteiger partial charge in [-0.2, -0.15) is 0 Å². The fourth-order valence-electron chi connectivity index (χ4n) is 5.07. The first kappa shape index (κ1) is 24.0. The molecular formula is C28H33NO5. The summed E-state index contributed by atoms with van der Waals surface area (Å²) in [6.45, 7) is 9.63. The van der Waals surface area contributed by atoms with Crippen molar-refractivity contribution in [3.63, 3.8) is 0 Å². The summed E-state index contributed by atoms with van der Waals surface area (Å²) in [6, 6.07) is 16.3. The maximum atomic E-state index is 13.1. The normalized spacial score (nSPS) is 21.4. The number of ether oxygens (including phenoxy) is 3. The monoisotopic (exact) mass is 463 g/mol. The second kappa shape index (κ2) is 9.63. The number of esters is 1. The van der Waals surface area contributed by atoms with E-state index in [4.69, 9.17) is 14.2 Å². The SMILES string of the molecule is C=CCOC(=O)[C@@]1(NC(=O)OCC2c3ccccc3-c3ccccc32)CCC[C@H]1OC(C)(C)C. The highest BCUT2D eigenvalue weighted by atomic mass is 16.6. The van der Waals surface area contributed by atoms with E-state index in [0.29, 0.717) is 12.8 Å². The standard InChI is InChI=1S/C28H33NO5/c1-5-17-32-25(30)28(16-10-15-24(28)34-27(2,3)4)29-26(31)33-18-23-21-13-8-6-11-19(21)20-12-7-9-14-22(20)23/h5-9,11-14,23-24H,1,10,15-18H2,2-4H3,(H,29,31)/t24-,28-/m1/s1. The van der Waals surface area contributed by atoms with E-state index in [0.717, 1.165) is 28.7 Å². The van der Waals surface area contributed by atoms with Gasteiger partial charge in [-0.1, -0.05) is 61.2 Å². The Bertz CT molecular complexity index is 1030. The Labute approximate surface area is 201 Å². The Hall–Kier alpha value is -3.12. The van der Waals surface area contributed by atoms with Crippen LogP contribution in [0.1, 0.15) is 57.1 Å². The van der Waals surface area contributed by atoms with Crippen LogP contribution < -0.4 is 5.32 Å². The Morgan fingerprint density at radius 1 is 1.06 bits per heavy atom. The molecule has 1 amide bonds. The summed E-state index contributed by atoms with van der Waals surface area (Å²) in [6.07, 6.45) is 2.14. The molecule has 2 aromatic carbocycles. The van der Waals surface area contributed by atoms with Gasteiger partial charge >= 0.3 is 12.1 Å². The van der Waals surface area contributed by atoms with E-state index >= 15 is 0 Å². The van der Waals surface area contributed by atoms with Gasteiger partial charge < -0.3 is 19.5 Å². The number of hydrogen-bond acceptors (Lipinski definition) is 5. The number of alkyl carbamates (subject to hydrolysis) is 1. The van der Waals surface area contributed by atoms with Gasteiger partial charge in [-0.3, -0.25) is 0 Å². The largest absolute Gasteiger partial charge is 0.460 e. The van der Waals surface area contributed by atoms with Crippen molar-refractivity contribution in [1.29, 1.82) is 0 Å². The summed E-state index contributed by atoms with van der Waals surface area (Å²) in [5.41, 5.74) is 2.80. The second-order valence-corrected chi connectivity index (χ2v) is 9.92. The molecule has 34 heavy (non-hydrogen) atoms. The maximum absolute atomic E-state index is 13.1. The molecule has 0 radical (unpaired) electrons. The van der Waals surface area contributed by atoms with Crippen LogP contribution in [0.4, 0.5) is 4.79 Å². The highest BCUT2D eigenvalue weighted by Crippen LogP contribution is 2.44. The fraction of sp³-hybridized carbons (Fsp3) is 0.429. The number of rotatable bonds is 7. The predicted molar refractivity (Wildman–Crippen MR) is 131 cm³/mol. The van der Waals surface area contributed by atoms with E-state index in [1.165, 1.54) is 6.08 Å². The molecule has 0 saturated heterocycles. The molecule has 0 aromatic heterocycles. The first-order valence-corrected chi connectivity index (χ1v) is 11.8. The molecular weight excluding hydrogens is 430 g/mol. The lowest BCUT2D eigenvalue weighted by Gasteiger charge is -2.37. The van der Waals surface area contributed by atoms with Gasteiger partial charge in [0.2, 0.25) is 0 Å². The molecule has 4 rings (SSSR count). The molecule has 0 unspecified atom stereocenters. The lowest BCUT2D eigenvalue weighted by Crippen LogP contribution is -2.61. The molecule has 0 heterocycles. The number of fused-ring (bicyclic) bond motifs is 3. The van der Waals surface area contributed by atoms with Crippen molar-refractivity contribution in [2.45, 2.75) is 63.2 Å². The highest BCUT2D eigenvalue weighted by Gasteiger charge is 2.54. The Kier molecular flexibility index (Phi) is 6.80. The molecule has 2 aromatic rings. The van der Waals surface area contributed by atoms with E-state index in [9.17, 15) is 9.59 Å². The zero-order valence-electron chi connectivity index (χ0n) is 20.1. The second-order valence-electron chi connectivity index (χ2n) is 9.92. The summed E-state index contributed by atoms with van der Waals surface area (Å²) >= 11 is 0. The van der Waals surface area contributed by atoms with Gasteiger partial charge in [0, 0.05) is 5.92 Å². The third-order valence-electron chi connectivity index (χ3n) is 6.45. The summed E-state index contributed by atoms with van der Waals surface area (Å²) in [7, 11) is 0. The van der Waals surface area contributed by atoms with Gasteiger partial charge in [-0.25, -0.2) is 9.59 Å². The van der Waals surface area contributed by atoms with E-state index in [2.05, 4.69) is 36.2 Å². The van der Waals surface area contributed by atoms with Gasteiger partial charge in [0.15, 0.2) is 5.54 Å². The van der Waals surface area contributed by atoms with E-state index in [1.807, 2.05) is 45.0 Å². The van der Waals surface area contributed by atoms with Crippen molar-refractivity contribution in [3.8, 4) is 11.1 Å². The van der Waals surface area contributed by atoms with E-state index in [-0.39, 0.29) is 19.1 Å². The average Bonchev–Trinajstić information content (AvgIpc) is 3.34. The van der Waals surface area contributed by atoms with Gasteiger partial charge in [-0.15, -0.1) is 0 Å². The third-order valence-corrected chi connectivity index (χ3v) is 6.45. The van der Waals surface area contributed by atoms with Crippen molar-refractivity contribution in [2.75, 3.05) is 13.2 Å². The molecule has 1 saturated carbocycles. The van der Waals surface area contributed by atoms with Crippen molar-refractivity contribution < 1.29 is 23.8 Å². The van der Waals surface area contributed by atoms with E-state index < -0.39 is 29.3 Å². The van der Waals surface area contributed by atoms with Gasteiger partial charge in [-0.05, 0) is 62.3 Å². The number of amides is 1. The zero-order chi connectivity index (χ0) is 24.3. The Morgan fingerprint density at radius 2 is 1.68 bits per heavy atom. The molecule has 0 spiro atoms. The van der Waals surface area contributed by atoms with Crippen LogP contribution in [0.3, 0.4) is 0 Å². The molecule has 180 valence electrons. The predicted octanol–water partition coefficient (Wildman–Crippen LogP) is 5.36. The summed E-state index contributed by atoms with van der Waals surface area (Å²) in [4.78, 5) is 26.2. The van der Waals surface area contributed by atoms with Crippen LogP contribution >= 0.6 is 0 Å². The van der Waals surface area contributed by atoms with Crippen molar-refractivity contribution in [2.24, 2.45) is 0 Å². The summed E-state index contributed by atoms with van der Waals surface area (Å²) in [5.74, 6) is -0.584. The molecule has 6 heteroatoms. The van der Waals surface area contributed by atoms with E-state index in [1.54, 1.807) is 0 Å². The Balaban J connectivity index is 1.52. The molecule has 2 aliphatic rings. The quantitative estimate of drug-likeness (QED) is 0.442. The molecule has 0 aliphatic heterocycles. The lowest BCUT2D eigenvalue weighted by atomic mass is 9.94. The number of carbonyl (C=O) groups is 2. The van der Waals surface area contributed by atoms with Crippen LogP contribution in [0.15, 0.2) is 61.2 Å². The molecule has 0 bridgehead atoms.